The lowest BCUT2D eigenvalue weighted by molar-refractivity contribution is 0.326. The average Bonchev–Trinajstić information content (AvgIpc) is 2.26. The second-order valence-electron chi connectivity index (χ2n) is 2.92. The zero-order valence-electron chi connectivity index (χ0n) is 9.19. The Balaban J connectivity index is 2.36. The lowest BCUT2D eigenvalue weighted by Gasteiger charge is -2.05. The fourth-order valence-corrected chi connectivity index (χ4v) is 1.51. The van der Waals surface area contributed by atoms with Gasteiger partial charge in [-0.15, -0.1) is 0 Å². The maximum Gasteiger partial charge on any atom is 0.225 e. The molecular weight excluding hydrogens is 210 g/mol. The number of thioether (sulfide) groups is 1. The van der Waals surface area contributed by atoms with Crippen molar-refractivity contribution in [1.82, 2.24) is 9.97 Å². The first-order chi connectivity index (χ1) is 7.36. The largest absolute Gasteiger partial charge is 0.478 e. The fraction of sp³-hybridized carbons (Fsp3) is 0.600. The number of anilines is 1. The van der Waals surface area contributed by atoms with Crippen LogP contribution < -0.4 is 10.1 Å². The van der Waals surface area contributed by atoms with Crippen molar-refractivity contribution >= 4 is 17.7 Å². The van der Waals surface area contributed by atoms with E-state index in [0.29, 0.717) is 18.4 Å². The molecule has 0 aliphatic rings. The smallest absolute Gasteiger partial charge is 0.225 e. The standard InChI is InChI=1S/C10H17N3OS/c1-3-14-9-5-7-12-10(13-9)11-6-4-8-15-2/h5,7H,3-4,6,8H2,1-2H3,(H,11,12,13). The van der Waals surface area contributed by atoms with Crippen LogP contribution in [0.1, 0.15) is 13.3 Å². The van der Waals surface area contributed by atoms with E-state index < -0.39 is 0 Å². The van der Waals surface area contributed by atoms with Crippen molar-refractivity contribution in [3.8, 4) is 5.88 Å². The molecule has 0 fully saturated rings. The number of aromatic nitrogens is 2. The second-order valence-corrected chi connectivity index (χ2v) is 3.91. The third kappa shape index (κ3) is 4.88. The Morgan fingerprint density at radius 3 is 3.13 bits per heavy atom. The average molecular weight is 227 g/mol. The molecule has 1 aromatic rings. The van der Waals surface area contributed by atoms with Gasteiger partial charge in [-0.2, -0.15) is 16.7 Å². The van der Waals surface area contributed by atoms with E-state index in [1.807, 2.05) is 18.7 Å². The van der Waals surface area contributed by atoms with E-state index in [9.17, 15) is 0 Å². The Kier molecular flexibility index (Phi) is 5.92. The van der Waals surface area contributed by atoms with Gasteiger partial charge in [-0.3, -0.25) is 0 Å². The summed E-state index contributed by atoms with van der Waals surface area (Å²) in [6.45, 7) is 3.47. The molecule has 0 radical (unpaired) electrons. The third-order valence-electron chi connectivity index (χ3n) is 1.73. The molecule has 1 aromatic heterocycles. The minimum Gasteiger partial charge on any atom is -0.478 e. The van der Waals surface area contributed by atoms with E-state index in [0.717, 1.165) is 18.7 Å². The van der Waals surface area contributed by atoms with E-state index in [1.54, 1.807) is 12.3 Å². The molecule has 84 valence electrons. The molecule has 0 unspecified atom stereocenters. The van der Waals surface area contributed by atoms with Crippen LogP contribution in [0.15, 0.2) is 12.3 Å². The van der Waals surface area contributed by atoms with E-state index in [4.69, 9.17) is 4.74 Å². The van der Waals surface area contributed by atoms with Gasteiger partial charge in [0.25, 0.3) is 0 Å². The normalized spacial score (nSPS) is 10.0. The molecule has 0 atom stereocenters. The van der Waals surface area contributed by atoms with E-state index in [2.05, 4.69) is 21.5 Å². The van der Waals surface area contributed by atoms with Gasteiger partial charge in [0.15, 0.2) is 0 Å². The Labute approximate surface area is 94.8 Å². The van der Waals surface area contributed by atoms with Crippen LogP contribution in [0.4, 0.5) is 5.95 Å². The van der Waals surface area contributed by atoms with Crippen LogP contribution in [0, 0.1) is 0 Å². The van der Waals surface area contributed by atoms with Gasteiger partial charge in [0, 0.05) is 18.8 Å². The number of rotatable bonds is 7. The number of nitrogens with zero attached hydrogens (tertiary/aromatic N) is 2. The van der Waals surface area contributed by atoms with Crippen LogP contribution in [0.3, 0.4) is 0 Å². The molecule has 5 heteroatoms. The highest BCUT2D eigenvalue weighted by Crippen LogP contribution is 2.08. The minimum atomic E-state index is 0.625. The topological polar surface area (TPSA) is 47.0 Å². The van der Waals surface area contributed by atoms with Crippen LogP contribution in [-0.2, 0) is 0 Å². The van der Waals surface area contributed by atoms with Crippen LogP contribution >= 0.6 is 11.8 Å². The van der Waals surface area contributed by atoms with Crippen molar-refractivity contribution in [2.45, 2.75) is 13.3 Å². The Bertz CT molecular complexity index is 283. The van der Waals surface area contributed by atoms with Crippen LogP contribution in [0.5, 0.6) is 5.88 Å². The highest BCUT2D eigenvalue weighted by Gasteiger charge is 1.98. The van der Waals surface area contributed by atoms with Gasteiger partial charge in [-0.25, -0.2) is 4.98 Å². The van der Waals surface area contributed by atoms with Crippen molar-refractivity contribution < 1.29 is 4.74 Å². The molecule has 0 aromatic carbocycles. The summed E-state index contributed by atoms with van der Waals surface area (Å²) in [6, 6.07) is 1.76. The predicted octanol–water partition coefficient (Wildman–Crippen LogP) is 2.04. The molecule has 4 nitrogen and oxygen atoms in total. The Morgan fingerprint density at radius 2 is 2.40 bits per heavy atom. The quantitative estimate of drug-likeness (QED) is 0.722. The molecule has 1 N–H and O–H groups in total. The second kappa shape index (κ2) is 7.34. The molecule has 0 bridgehead atoms. The first kappa shape index (κ1) is 12.1. The zero-order chi connectivity index (χ0) is 10.9. The lowest BCUT2D eigenvalue weighted by Crippen LogP contribution is -2.07. The van der Waals surface area contributed by atoms with Gasteiger partial charge in [-0.1, -0.05) is 0 Å². The van der Waals surface area contributed by atoms with Crippen molar-refractivity contribution in [1.29, 1.82) is 0 Å². The summed E-state index contributed by atoms with van der Waals surface area (Å²) in [6.07, 6.45) is 4.92. The number of nitrogens with one attached hydrogen (secondary N) is 1. The maximum atomic E-state index is 5.28. The summed E-state index contributed by atoms with van der Waals surface area (Å²) in [5, 5.41) is 3.16. The predicted molar refractivity (Wildman–Crippen MR) is 64.7 cm³/mol. The summed E-state index contributed by atoms with van der Waals surface area (Å²) in [4.78, 5) is 8.32. The van der Waals surface area contributed by atoms with Crippen molar-refractivity contribution in [3.63, 3.8) is 0 Å². The molecule has 0 aliphatic heterocycles. The van der Waals surface area contributed by atoms with Gasteiger partial charge in [0.2, 0.25) is 11.8 Å². The number of hydrogen-bond donors (Lipinski definition) is 1. The molecule has 15 heavy (non-hydrogen) atoms. The number of hydrogen-bond acceptors (Lipinski definition) is 5. The van der Waals surface area contributed by atoms with Gasteiger partial charge >= 0.3 is 0 Å². The molecular formula is C10H17N3OS. The maximum absolute atomic E-state index is 5.28. The van der Waals surface area contributed by atoms with Gasteiger partial charge in [-0.05, 0) is 25.4 Å². The summed E-state index contributed by atoms with van der Waals surface area (Å²) in [7, 11) is 0. The lowest BCUT2D eigenvalue weighted by atomic mass is 10.5. The summed E-state index contributed by atoms with van der Waals surface area (Å²) in [5.74, 6) is 2.42. The molecule has 0 saturated carbocycles. The Hall–Kier alpha value is -0.970. The van der Waals surface area contributed by atoms with Gasteiger partial charge in [0.05, 0.1) is 6.61 Å². The van der Waals surface area contributed by atoms with Gasteiger partial charge < -0.3 is 10.1 Å². The van der Waals surface area contributed by atoms with Crippen LogP contribution in [0.25, 0.3) is 0 Å². The summed E-state index contributed by atoms with van der Waals surface area (Å²) in [5.41, 5.74) is 0. The van der Waals surface area contributed by atoms with E-state index in [-0.39, 0.29) is 0 Å². The molecule has 0 saturated heterocycles. The monoisotopic (exact) mass is 227 g/mol. The third-order valence-corrected chi connectivity index (χ3v) is 2.43. The SMILES string of the molecule is CCOc1ccnc(NCCCSC)n1. The summed E-state index contributed by atoms with van der Waals surface area (Å²) >= 11 is 1.84. The highest BCUT2D eigenvalue weighted by molar-refractivity contribution is 7.98. The van der Waals surface area contributed by atoms with Gasteiger partial charge in [0.1, 0.15) is 0 Å². The van der Waals surface area contributed by atoms with E-state index >= 15 is 0 Å². The first-order valence-corrected chi connectivity index (χ1v) is 6.45. The zero-order valence-corrected chi connectivity index (χ0v) is 10.0. The molecule has 0 amide bonds. The van der Waals surface area contributed by atoms with Crippen LogP contribution in [-0.4, -0.2) is 35.1 Å². The fourth-order valence-electron chi connectivity index (χ4n) is 1.07. The van der Waals surface area contributed by atoms with Crippen molar-refractivity contribution in [2.24, 2.45) is 0 Å². The molecule has 1 rings (SSSR count). The van der Waals surface area contributed by atoms with Crippen molar-refractivity contribution in [2.75, 3.05) is 30.5 Å². The molecule has 1 heterocycles. The van der Waals surface area contributed by atoms with Crippen LogP contribution in [0.2, 0.25) is 0 Å². The summed E-state index contributed by atoms with van der Waals surface area (Å²) < 4.78 is 5.28. The molecule has 0 spiro atoms. The Morgan fingerprint density at radius 1 is 1.53 bits per heavy atom. The number of ether oxygens (including phenoxy) is 1. The highest BCUT2D eigenvalue weighted by atomic mass is 32.2. The molecule has 0 aliphatic carbocycles. The first-order valence-electron chi connectivity index (χ1n) is 5.05. The van der Waals surface area contributed by atoms with Crippen molar-refractivity contribution in [3.05, 3.63) is 12.3 Å². The minimum absolute atomic E-state index is 0.625. The van der Waals surface area contributed by atoms with E-state index in [1.165, 1.54) is 0 Å².